The summed E-state index contributed by atoms with van der Waals surface area (Å²) in [5.41, 5.74) is 6.69. The van der Waals surface area contributed by atoms with Crippen molar-refractivity contribution in [3.63, 3.8) is 0 Å². The topological polar surface area (TPSA) is 82.3 Å². The summed E-state index contributed by atoms with van der Waals surface area (Å²) < 4.78 is 10.0. The molecule has 26 heavy (non-hydrogen) atoms. The van der Waals surface area contributed by atoms with Crippen LogP contribution in [0, 0.1) is 0 Å². The van der Waals surface area contributed by atoms with Crippen LogP contribution in [-0.2, 0) is 0 Å². The number of pyridine rings is 2. The zero-order valence-electron chi connectivity index (χ0n) is 15.0. The first-order chi connectivity index (χ1) is 12.6. The molecule has 0 amide bonds. The lowest BCUT2D eigenvalue weighted by molar-refractivity contribution is 0.397. The van der Waals surface area contributed by atoms with Gasteiger partial charge in [0.2, 0.25) is 11.8 Å². The van der Waals surface area contributed by atoms with E-state index < -0.39 is 0 Å². The smallest absolute Gasteiger partial charge is 0.238 e. The van der Waals surface area contributed by atoms with Gasteiger partial charge in [-0.05, 0) is 25.0 Å². The number of methoxy groups -OCH3 is 2. The predicted molar refractivity (Wildman–Crippen MR) is 107 cm³/mol. The molecule has 1 aliphatic carbocycles. The number of halogens is 2. The Morgan fingerprint density at radius 3 is 2.12 bits per heavy atom. The number of hydrogen-bond donors (Lipinski definition) is 2. The normalized spacial score (nSPS) is 14.2. The number of nitrogen functional groups attached to an aromatic ring is 1. The highest BCUT2D eigenvalue weighted by Gasteiger charge is 2.17. The van der Waals surface area contributed by atoms with Crippen LogP contribution < -0.4 is 20.5 Å². The summed E-state index contributed by atoms with van der Waals surface area (Å²) in [7, 11) is 3.11. The van der Waals surface area contributed by atoms with Crippen molar-refractivity contribution in [1.29, 1.82) is 0 Å². The summed E-state index contributed by atoms with van der Waals surface area (Å²) in [5, 5.41) is 4.59. The Hall–Kier alpha value is -1.92. The standard InChI is InChI=1S/C12H17ClN2O.C6H7ClN2O/c1-16-12-11(10(13)7-8-14-12)15-9-5-3-2-4-6-9;1-10-6-5(8)4(7)2-3-9-6/h7-9,15H,2-6H2,1H3;2-3H,8H2,1H3. The molecular weight excluding hydrogens is 375 g/mol. The van der Waals surface area contributed by atoms with Gasteiger partial charge in [-0.1, -0.05) is 42.5 Å². The summed E-state index contributed by atoms with van der Waals surface area (Å²) in [5.74, 6) is 0.950. The second-order valence-electron chi connectivity index (χ2n) is 5.87. The first-order valence-electron chi connectivity index (χ1n) is 8.45. The maximum Gasteiger partial charge on any atom is 0.238 e. The molecule has 6 nitrogen and oxygen atoms in total. The fraction of sp³-hybridized carbons (Fsp3) is 0.444. The van der Waals surface area contributed by atoms with Crippen LogP contribution >= 0.6 is 23.2 Å². The zero-order valence-corrected chi connectivity index (χ0v) is 16.5. The van der Waals surface area contributed by atoms with E-state index in [0.717, 1.165) is 5.69 Å². The highest BCUT2D eigenvalue weighted by atomic mass is 35.5. The molecule has 1 saturated carbocycles. The largest absolute Gasteiger partial charge is 0.479 e. The molecule has 8 heteroatoms. The number of hydrogen-bond acceptors (Lipinski definition) is 6. The molecule has 2 aromatic heterocycles. The molecule has 1 fully saturated rings. The number of nitrogens with one attached hydrogen (secondary N) is 1. The molecular formula is C18H24Cl2N4O2. The predicted octanol–water partition coefficient (Wildman–Crippen LogP) is 4.81. The van der Waals surface area contributed by atoms with E-state index in [2.05, 4.69) is 15.3 Å². The van der Waals surface area contributed by atoms with E-state index in [1.807, 2.05) is 0 Å². The summed E-state index contributed by atoms with van der Waals surface area (Å²) >= 11 is 11.8. The van der Waals surface area contributed by atoms with Crippen LogP contribution in [0.2, 0.25) is 10.0 Å². The van der Waals surface area contributed by atoms with Crippen molar-refractivity contribution in [3.8, 4) is 11.8 Å². The van der Waals surface area contributed by atoms with E-state index in [1.54, 1.807) is 25.4 Å². The highest BCUT2D eigenvalue weighted by molar-refractivity contribution is 6.33. The van der Waals surface area contributed by atoms with Crippen molar-refractivity contribution in [1.82, 2.24) is 9.97 Å². The minimum absolute atomic E-state index is 0.368. The molecule has 0 aromatic carbocycles. The van der Waals surface area contributed by atoms with Crippen LogP contribution in [0.1, 0.15) is 32.1 Å². The van der Waals surface area contributed by atoms with Crippen molar-refractivity contribution in [2.45, 2.75) is 38.1 Å². The third-order valence-corrected chi connectivity index (χ3v) is 4.75. The molecule has 0 radical (unpaired) electrons. The summed E-state index contributed by atoms with van der Waals surface area (Å²) in [4.78, 5) is 7.98. The highest BCUT2D eigenvalue weighted by Crippen LogP contribution is 2.32. The first kappa shape index (κ1) is 20.4. The lowest BCUT2D eigenvalue weighted by atomic mass is 9.95. The van der Waals surface area contributed by atoms with Crippen LogP contribution in [0.25, 0.3) is 0 Å². The van der Waals surface area contributed by atoms with Crippen LogP contribution in [-0.4, -0.2) is 30.2 Å². The van der Waals surface area contributed by atoms with Crippen molar-refractivity contribution >= 4 is 34.6 Å². The Kier molecular flexibility index (Phi) is 8.06. The lowest BCUT2D eigenvalue weighted by Gasteiger charge is -2.24. The Morgan fingerprint density at radius 2 is 1.54 bits per heavy atom. The van der Waals surface area contributed by atoms with Crippen LogP contribution in [0.4, 0.5) is 11.4 Å². The number of nitrogens with two attached hydrogens (primary N) is 1. The molecule has 3 rings (SSSR count). The number of anilines is 2. The quantitative estimate of drug-likeness (QED) is 0.768. The SMILES string of the molecule is COc1nccc(Cl)c1N.COc1nccc(Cl)c1NC1CCCCC1. The molecule has 0 saturated heterocycles. The summed E-state index contributed by atoms with van der Waals surface area (Å²) in [6, 6.07) is 3.90. The van der Waals surface area contributed by atoms with Crippen molar-refractivity contribution in [2.75, 3.05) is 25.3 Å². The van der Waals surface area contributed by atoms with Crippen LogP contribution in [0.15, 0.2) is 24.5 Å². The van der Waals surface area contributed by atoms with Gasteiger partial charge in [-0.15, -0.1) is 0 Å². The molecule has 0 bridgehead atoms. The lowest BCUT2D eigenvalue weighted by Crippen LogP contribution is -2.22. The van der Waals surface area contributed by atoms with E-state index >= 15 is 0 Å². The fourth-order valence-electron chi connectivity index (χ4n) is 2.75. The molecule has 3 N–H and O–H groups in total. The zero-order chi connectivity index (χ0) is 18.9. The average Bonchev–Trinajstić information content (AvgIpc) is 2.67. The van der Waals surface area contributed by atoms with E-state index in [-0.39, 0.29) is 0 Å². The molecule has 0 atom stereocenters. The third-order valence-electron chi connectivity index (χ3n) is 4.11. The maximum atomic E-state index is 6.14. The Balaban J connectivity index is 0.000000209. The fourth-order valence-corrected chi connectivity index (χ4v) is 3.08. The minimum atomic E-state index is 0.368. The minimum Gasteiger partial charge on any atom is -0.479 e. The van der Waals surface area contributed by atoms with Gasteiger partial charge in [-0.3, -0.25) is 0 Å². The van der Waals surface area contributed by atoms with Gasteiger partial charge in [0.15, 0.2) is 0 Å². The Morgan fingerprint density at radius 1 is 0.962 bits per heavy atom. The molecule has 1 aliphatic rings. The molecule has 2 heterocycles. The van der Waals surface area contributed by atoms with Crippen molar-refractivity contribution < 1.29 is 9.47 Å². The molecule has 0 spiro atoms. The van der Waals surface area contributed by atoms with Gasteiger partial charge in [-0.2, -0.15) is 0 Å². The van der Waals surface area contributed by atoms with Crippen molar-refractivity contribution in [2.24, 2.45) is 0 Å². The molecule has 142 valence electrons. The second-order valence-corrected chi connectivity index (χ2v) is 6.69. The van der Waals surface area contributed by atoms with Gasteiger partial charge in [0.25, 0.3) is 0 Å². The third kappa shape index (κ3) is 5.54. The van der Waals surface area contributed by atoms with E-state index in [0.29, 0.717) is 33.5 Å². The van der Waals surface area contributed by atoms with E-state index in [1.165, 1.54) is 45.4 Å². The van der Waals surface area contributed by atoms with Gasteiger partial charge in [0.05, 0.1) is 24.3 Å². The second kappa shape index (κ2) is 10.3. The Bertz CT molecular complexity index is 710. The average molecular weight is 399 g/mol. The van der Waals surface area contributed by atoms with Gasteiger partial charge in [-0.25, -0.2) is 9.97 Å². The maximum absolute atomic E-state index is 6.14. The Labute approximate surface area is 164 Å². The van der Waals surface area contributed by atoms with Crippen LogP contribution in [0.5, 0.6) is 11.8 Å². The van der Waals surface area contributed by atoms with Gasteiger partial charge in [0.1, 0.15) is 11.4 Å². The first-order valence-corrected chi connectivity index (χ1v) is 9.21. The number of ether oxygens (including phenoxy) is 2. The number of nitrogens with zero attached hydrogens (tertiary/aromatic N) is 2. The molecule has 0 aliphatic heterocycles. The molecule has 0 unspecified atom stereocenters. The number of rotatable bonds is 4. The van der Waals surface area contributed by atoms with Crippen LogP contribution in [0.3, 0.4) is 0 Å². The summed E-state index contributed by atoms with van der Waals surface area (Å²) in [6.07, 6.45) is 9.53. The summed E-state index contributed by atoms with van der Waals surface area (Å²) in [6.45, 7) is 0. The van der Waals surface area contributed by atoms with Gasteiger partial charge < -0.3 is 20.5 Å². The number of aromatic nitrogens is 2. The van der Waals surface area contributed by atoms with Gasteiger partial charge in [0, 0.05) is 18.4 Å². The van der Waals surface area contributed by atoms with Gasteiger partial charge >= 0.3 is 0 Å². The van der Waals surface area contributed by atoms with Crippen molar-refractivity contribution in [3.05, 3.63) is 34.6 Å². The van der Waals surface area contributed by atoms with E-state index in [4.69, 9.17) is 38.4 Å². The monoisotopic (exact) mass is 398 g/mol. The van der Waals surface area contributed by atoms with E-state index in [9.17, 15) is 0 Å². The molecule has 2 aromatic rings.